The van der Waals surface area contributed by atoms with Gasteiger partial charge in [-0.3, -0.25) is 4.79 Å². The van der Waals surface area contributed by atoms with Crippen LogP contribution >= 0.6 is 46.3 Å². The lowest BCUT2D eigenvalue weighted by atomic mass is 9.67. The van der Waals surface area contributed by atoms with Gasteiger partial charge in [-0.1, -0.05) is 6.42 Å². The fourth-order valence-electron chi connectivity index (χ4n) is 3.69. The maximum atomic E-state index is 12.3. The van der Waals surface area contributed by atoms with Crippen LogP contribution in [0.3, 0.4) is 0 Å². The van der Waals surface area contributed by atoms with E-state index < -0.39 is 0 Å². The Hall–Kier alpha value is 0.150. The number of thiophene rings is 1. The minimum absolute atomic E-state index is 0. The summed E-state index contributed by atoms with van der Waals surface area (Å²) in [6, 6.07) is 2.65. The van der Waals surface area contributed by atoms with Gasteiger partial charge in [0, 0.05) is 17.5 Å². The minimum Gasteiger partial charge on any atom is -0.349 e. The molecule has 2 saturated carbocycles. The van der Waals surface area contributed by atoms with Crippen molar-refractivity contribution in [3.63, 3.8) is 0 Å². The standard InChI is InChI=1S/C14H19IN2OS.ClH/c15-12-6-10(7-19-12)14(18)17-13-8-2-1-3-9(13)5-11(16)4-8;/h6-9,11,13H,1-5,16H2,(H,17,18);1H. The van der Waals surface area contributed by atoms with Crippen molar-refractivity contribution in [3.8, 4) is 0 Å². The Morgan fingerprint density at radius 2 is 2.00 bits per heavy atom. The molecule has 0 aliphatic heterocycles. The zero-order valence-corrected chi connectivity index (χ0v) is 15.0. The van der Waals surface area contributed by atoms with E-state index >= 15 is 0 Å². The highest BCUT2D eigenvalue weighted by molar-refractivity contribution is 14.1. The van der Waals surface area contributed by atoms with Crippen molar-refractivity contribution >= 4 is 52.2 Å². The molecule has 2 unspecified atom stereocenters. The molecule has 6 heteroatoms. The summed E-state index contributed by atoms with van der Waals surface area (Å²) in [7, 11) is 0. The van der Waals surface area contributed by atoms with Crippen LogP contribution < -0.4 is 11.1 Å². The third-order valence-corrected chi connectivity index (χ3v) is 6.29. The molecule has 2 bridgehead atoms. The number of carbonyl (C=O) groups is 1. The quantitative estimate of drug-likeness (QED) is 0.712. The summed E-state index contributed by atoms with van der Waals surface area (Å²) in [6.07, 6.45) is 5.88. The molecule has 1 aromatic rings. The first kappa shape index (κ1) is 16.5. The van der Waals surface area contributed by atoms with Gasteiger partial charge in [0.1, 0.15) is 0 Å². The van der Waals surface area contributed by atoms with Crippen LogP contribution in [0.2, 0.25) is 0 Å². The molecule has 0 aromatic carbocycles. The number of carbonyl (C=O) groups excluding carboxylic acids is 1. The lowest BCUT2D eigenvalue weighted by Crippen LogP contribution is -2.53. The molecule has 2 atom stereocenters. The fourth-order valence-corrected chi connectivity index (χ4v) is 5.02. The van der Waals surface area contributed by atoms with E-state index in [-0.39, 0.29) is 18.3 Å². The Balaban J connectivity index is 0.00000147. The molecule has 3 nitrogen and oxygen atoms in total. The van der Waals surface area contributed by atoms with Crippen LogP contribution in [0.15, 0.2) is 11.4 Å². The molecular weight excluding hydrogens is 407 g/mol. The van der Waals surface area contributed by atoms with Crippen molar-refractivity contribution in [1.82, 2.24) is 5.32 Å². The molecule has 1 heterocycles. The van der Waals surface area contributed by atoms with Crippen LogP contribution in [0, 0.1) is 14.7 Å². The number of hydrogen-bond acceptors (Lipinski definition) is 3. The van der Waals surface area contributed by atoms with Gasteiger partial charge in [-0.15, -0.1) is 23.7 Å². The molecular formula is C14H20ClIN2OS. The molecule has 2 fully saturated rings. The van der Waals surface area contributed by atoms with E-state index in [0.29, 0.717) is 23.9 Å². The predicted molar refractivity (Wildman–Crippen MR) is 93.6 cm³/mol. The van der Waals surface area contributed by atoms with Crippen LogP contribution in [0.5, 0.6) is 0 Å². The van der Waals surface area contributed by atoms with Gasteiger partial charge in [0.15, 0.2) is 0 Å². The molecule has 1 amide bonds. The van der Waals surface area contributed by atoms with E-state index in [1.54, 1.807) is 11.3 Å². The van der Waals surface area contributed by atoms with Crippen molar-refractivity contribution in [2.75, 3.05) is 0 Å². The van der Waals surface area contributed by atoms with Crippen LogP contribution in [-0.2, 0) is 0 Å². The summed E-state index contributed by atoms with van der Waals surface area (Å²) >= 11 is 3.88. The minimum atomic E-state index is 0. The molecule has 20 heavy (non-hydrogen) atoms. The normalized spacial score (nSPS) is 32.3. The number of nitrogens with one attached hydrogen (secondary N) is 1. The molecule has 2 aliphatic rings. The van der Waals surface area contributed by atoms with Crippen molar-refractivity contribution in [2.24, 2.45) is 17.6 Å². The number of hydrogen-bond donors (Lipinski definition) is 2. The van der Waals surface area contributed by atoms with Crippen molar-refractivity contribution < 1.29 is 4.79 Å². The summed E-state index contributed by atoms with van der Waals surface area (Å²) in [5.41, 5.74) is 6.93. The van der Waals surface area contributed by atoms with Gasteiger partial charge in [0.25, 0.3) is 5.91 Å². The first-order chi connectivity index (χ1) is 9.13. The molecule has 112 valence electrons. The van der Waals surface area contributed by atoms with Crippen LogP contribution in [0.1, 0.15) is 42.5 Å². The van der Waals surface area contributed by atoms with Crippen molar-refractivity contribution in [2.45, 2.75) is 44.2 Å². The number of amides is 1. The molecule has 1 aromatic heterocycles. The van der Waals surface area contributed by atoms with Crippen molar-refractivity contribution in [3.05, 3.63) is 19.9 Å². The molecule has 3 N–H and O–H groups in total. The van der Waals surface area contributed by atoms with E-state index in [4.69, 9.17) is 5.73 Å². The summed E-state index contributed by atoms with van der Waals surface area (Å²) < 4.78 is 1.16. The van der Waals surface area contributed by atoms with Gasteiger partial charge in [-0.2, -0.15) is 0 Å². The number of nitrogens with two attached hydrogens (primary N) is 1. The van der Waals surface area contributed by atoms with E-state index in [9.17, 15) is 4.79 Å². The lowest BCUT2D eigenvalue weighted by Gasteiger charge is -2.45. The second kappa shape index (κ2) is 6.94. The summed E-state index contributed by atoms with van der Waals surface area (Å²) in [6.45, 7) is 0. The van der Waals surface area contributed by atoms with E-state index in [2.05, 4.69) is 27.9 Å². The second-order valence-electron chi connectivity index (χ2n) is 5.82. The first-order valence-electron chi connectivity index (χ1n) is 6.94. The Bertz CT molecular complexity index is 467. The highest BCUT2D eigenvalue weighted by Crippen LogP contribution is 2.39. The van der Waals surface area contributed by atoms with Gasteiger partial charge in [-0.25, -0.2) is 0 Å². The average molecular weight is 427 g/mol. The summed E-state index contributed by atoms with van der Waals surface area (Å²) in [5, 5.41) is 5.23. The third kappa shape index (κ3) is 3.48. The topological polar surface area (TPSA) is 55.1 Å². The molecule has 0 radical (unpaired) electrons. The summed E-state index contributed by atoms with van der Waals surface area (Å²) in [5.74, 6) is 1.27. The molecule has 0 spiro atoms. The third-order valence-electron chi connectivity index (χ3n) is 4.50. The predicted octanol–water partition coefficient (Wildman–Crippen LogP) is 3.41. The Morgan fingerprint density at radius 1 is 1.35 bits per heavy atom. The fraction of sp³-hybridized carbons (Fsp3) is 0.643. The van der Waals surface area contributed by atoms with Crippen LogP contribution in [0.4, 0.5) is 0 Å². The number of fused-ring (bicyclic) bond motifs is 2. The second-order valence-corrected chi connectivity index (χ2v) is 8.63. The van der Waals surface area contributed by atoms with Gasteiger partial charge in [0.2, 0.25) is 0 Å². The van der Waals surface area contributed by atoms with Crippen LogP contribution in [0.25, 0.3) is 0 Å². The smallest absolute Gasteiger partial charge is 0.252 e. The van der Waals surface area contributed by atoms with E-state index in [1.165, 1.54) is 19.3 Å². The SMILES string of the molecule is Cl.NC1CC2CCCC(C1)C2NC(=O)c1csc(I)c1. The van der Waals surface area contributed by atoms with Crippen LogP contribution in [-0.4, -0.2) is 18.0 Å². The highest BCUT2D eigenvalue weighted by Gasteiger charge is 2.39. The number of halogens is 2. The Labute approximate surface area is 143 Å². The average Bonchev–Trinajstić information content (AvgIpc) is 2.77. The lowest BCUT2D eigenvalue weighted by molar-refractivity contribution is 0.0756. The maximum absolute atomic E-state index is 12.3. The molecule has 2 aliphatic carbocycles. The van der Waals surface area contributed by atoms with Gasteiger partial charge in [0.05, 0.1) is 8.45 Å². The summed E-state index contributed by atoms with van der Waals surface area (Å²) in [4.78, 5) is 12.3. The van der Waals surface area contributed by atoms with E-state index in [1.807, 2.05) is 11.4 Å². The molecule has 3 rings (SSSR count). The Kier molecular flexibility index (Phi) is 5.73. The van der Waals surface area contributed by atoms with Gasteiger partial charge < -0.3 is 11.1 Å². The highest BCUT2D eigenvalue weighted by atomic mass is 127. The van der Waals surface area contributed by atoms with Gasteiger partial charge in [-0.05, 0) is 66.2 Å². The first-order valence-corrected chi connectivity index (χ1v) is 8.90. The monoisotopic (exact) mass is 426 g/mol. The maximum Gasteiger partial charge on any atom is 0.252 e. The largest absolute Gasteiger partial charge is 0.349 e. The zero-order valence-electron chi connectivity index (χ0n) is 11.2. The Morgan fingerprint density at radius 3 is 2.55 bits per heavy atom. The number of rotatable bonds is 2. The van der Waals surface area contributed by atoms with Crippen molar-refractivity contribution in [1.29, 1.82) is 0 Å². The zero-order chi connectivity index (χ0) is 13.4. The van der Waals surface area contributed by atoms with E-state index in [0.717, 1.165) is 21.3 Å². The van der Waals surface area contributed by atoms with Gasteiger partial charge >= 0.3 is 0 Å². The molecule has 0 saturated heterocycles.